The maximum atomic E-state index is 14.1. The number of carbonyl (C=O) groups excluding carboxylic acids is 1. The van der Waals surface area contributed by atoms with Crippen molar-refractivity contribution < 1.29 is 14.7 Å². The number of fused-ring (bicyclic) bond motifs is 3. The molecule has 2 aliphatic heterocycles. The molecule has 36 heavy (non-hydrogen) atoms. The van der Waals surface area contributed by atoms with E-state index < -0.39 is 12.0 Å². The van der Waals surface area contributed by atoms with Crippen LogP contribution < -0.4 is 4.90 Å². The molecule has 2 N–H and O–H groups in total. The Morgan fingerprint density at radius 2 is 1.83 bits per heavy atom. The largest absolute Gasteiger partial charge is 0.465 e. The lowest BCUT2D eigenvalue weighted by molar-refractivity contribution is -0.136. The summed E-state index contributed by atoms with van der Waals surface area (Å²) in [6.07, 6.45) is 4.67. The zero-order valence-corrected chi connectivity index (χ0v) is 21.6. The zero-order chi connectivity index (χ0) is 25.6. The van der Waals surface area contributed by atoms with Crippen LogP contribution in [0.5, 0.6) is 0 Å². The van der Waals surface area contributed by atoms with Gasteiger partial charge in [-0.15, -0.1) is 0 Å². The zero-order valence-electron chi connectivity index (χ0n) is 20.8. The number of piperazine rings is 1. The summed E-state index contributed by atoms with van der Waals surface area (Å²) in [5, 5.41) is 11.5. The Morgan fingerprint density at radius 3 is 2.44 bits per heavy atom. The minimum atomic E-state index is -1.02. The third-order valence-electron chi connectivity index (χ3n) is 7.64. The highest BCUT2D eigenvalue weighted by molar-refractivity contribution is 6.30. The topological polar surface area (TPSA) is 92.8 Å². The van der Waals surface area contributed by atoms with Gasteiger partial charge in [0.15, 0.2) is 0 Å². The smallest absolute Gasteiger partial charge is 0.407 e. The van der Waals surface area contributed by atoms with Gasteiger partial charge < -0.3 is 24.8 Å². The molecule has 0 spiro atoms. The summed E-state index contributed by atoms with van der Waals surface area (Å²) in [6, 6.07) is 9.17. The lowest BCUT2D eigenvalue weighted by Gasteiger charge is -2.44. The number of anilines is 1. The maximum absolute atomic E-state index is 14.1. The van der Waals surface area contributed by atoms with Gasteiger partial charge in [-0.25, -0.2) is 9.78 Å². The lowest BCUT2D eigenvalue weighted by atomic mass is 9.95. The number of carboxylic acid groups (broad SMARTS) is 1. The molecule has 3 atom stereocenters. The van der Waals surface area contributed by atoms with E-state index in [1.54, 1.807) is 12.1 Å². The summed E-state index contributed by atoms with van der Waals surface area (Å²) in [5.74, 6) is -0.593. The molecule has 1 unspecified atom stereocenters. The average molecular weight is 510 g/mol. The molecule has 2 amide bonds. The number of carbonyl (C=O) groups is 2. The minimum absolute atomic E-state index is 0.00549. The van der Waals surface area contributed by atoms with Crippen molar-refractivity contribution in [2.45, 2.75) is 57.7 Å². The van der Waals surface area contributed by atoms with Gasteiger partial charge in [0, 0.05) is 66.2 Å². The van der Waals surface area contributed by atoms with E-state index in [2.05, 4.69) is 27.9 Å². The normalized spacial score (nSPS) is 20.2. The number of benzene rings is 1. The Balaban J connectivity index is 1.43. The van der Waals surface area contributed by atoms with Crippen LogP contribution in [0.3, 0.4) is 0 Å². The second-order valence-corrected chi connectivity index (χ2v) is 10.6. The third-order valence-corrected chi connectivity index (χ3v) is 7.90. The molecule has 8 nitrogen and oxygen atoms in total. The van der Waals surface area contributed by atoms with Crippen molar-refractivity contribution in [3.05, 3.63) is 58.9 Å². The van der Waals surface area contributed by atoms with Crippen LogP contribution in [-0.4, -0.2) is 74.6 Å². The van der Waals surface area contributed by atoms with Crippen LogP contribution in [-0.2, 0) is 4.79 Å². The fourth-order valence-corrected chi connectivity index (χ4v) is 5.96. The first-order chi connectivity index (χ1) is 17.2. The summed E-state index contributed by atoms with van der Waals surface area (Å²) in [7, 11) is 0. The fraction of sp³-hybridized carbons (Fsp3) is 0.444. The van der Waals surface area contributed by atoms with Gasteiger partial charge in [0.25, 0.3) is 0 Å². The second kappa shape index (κ2) is 9.65. The summed E-state index contributed by atoms with van der Waals surface area (Å²) >= 11 is 6.11. The van der Waals surface area contributed by atoms with Gasteiger partial charge in [-0.1, -0.05) is 23.7 Å². The number of aromatic amines is 1. The van der Waals surface area contributed by atoms with Crippen molar-refractivity contribution in [2.75, 3.05) is 24.5 Å². The monoisotopic (exact) mass is 509 g/mol. The van der Waals surface area contributed by atoms with Gasteiger partial charge in [0.1, 0.15) is 5.65 Å². The highest BCUT2D eigenvalue weighted by atomic mass is 35.5. The first-order valence-corrected chi connectivity index (χ1v) is 12.9. The van der Waals surface area contributed by atoms with Gasteiger partial charge >= 0.3 is 6.09 Å². The molecule has 5 rings (SSSR count). The highest BCUT2D eigenvalue weighted by Gasteiger charge is 2.45. The number of rotatable bonds is 6. The van der Waals surface area contributed by atoms with E-state index >= 15 is 0 Å². The van der Waals surface area contributed by atoms with E-state index in [0.29, 0.717) is 5.02 Å². The number of hydrogen-bond acceptors (Lipinski definition) is 4. The van der Waals surface area contributed by atoms with Crippen LogP contribution in [0, 0.1) is 6.92 Å². The molecule has 4 heterocycles. The molecule has 2 fully saturated rings. The quantitative estimate of drug-likeness (QED) is 0.494. The number of H-pyrrole nitrogens is 1. The Kier molecular flexibility index (Phi) is 6.55. The molecule has 0 saturated carbocycles. The molecule has 1 aromatic carbocycles. The van der Waals surface area contributed by atoms with Crippen molar-refractivity contribution >= 4 is 40.3 Å². The highest BCUT2D eigenvalue weighted by Crippen LogP contribution is 2.38. The summed E-state index contributed by atoms with van der Waals surface area (Å²) < 4.78 is 0. The van der Waals surface area contributed by atoms with Crippen molar-refractivity contribution in [1.82, 2.24) is 19.8 Å². The molecule has 0 radical (unpaired) electrons. The summed E-state index contributed by atoms with van der Waals surface area (Å²) in [6.45, 7) is 7.34. The molecular weight excluding hydrogens is 478 g/mol. The number of aryl methyl sites for hydroxylation is 1. The van der Waals surface area contributed by atoms with Gasteiger partial charge in [-0.2, -0.15) is 0 Å². The number of amides is 2. The molecule has 2 bridgehead atoms. The molecule has 9 heteroatoms. The van der Waals surface area contributed by atoms with E-state index in [-0.39, 0.29) is 30.6 Å². The Bertz CT molecular complexity index is 1260. The standard InChI is InChI=1S/C27H32ClN5O3/c1-16(2)32(27(35)36)15-22(18-4-6-19(28)7-5-18)26(34)33-20-8-9-21(33)14-31(13-20)23-10-11-29-25-24(23)17(3)12-30-25/h4-7,10-12,16,20-22H,8-9,13-15H2,1-3H3,(H,29,30)(H,35,36)/t20-,21+,22?. The van der Waals surface area contributed by atoms with Crippen LogP contribution >= 0.6 is 11.6 Å². The van der Waals surface area contributed by atoms with Crippen molar-refractivity contribution in [3.63, 3.8) is 0 Å². The van der Waals surface area contributed by atoms with Gasteiger partial charge in [0.05, 0.1) is 5.92 Å². The van der Waals surface area contributed by atoms with Gasteiger partial charge in [-0.05, 0) is 62.9 Å². The van der Waals surface area contributed by atoms with Crippen molar-refractivity contribution in [1.29, 1.82) is 0 Å². The molecule has 190 valence electrons. The van der Waals surface area contributed by atoms with Crippen LogP contribution in [0.2, 0.25) is 5.02 Å². The van der Waals surface area contributed by atoms with Crippen LogP contribution in [0.25, 0.3) is 11.0 Å². The van der Waals surface area contributed by atoms with E-state index in [4.69, 9.17) is 11.6 Å². The van der Waals surface area contributed by atoms with Crippen molar-refractivity contribution in [3.8, 4) is 0 Å². The van der Waals surface area contributed by atoms with Crippen LogP contribution in [0.15, 0.2) is 42.7 Å². The van der Waals surface area contributed by atoms with Crippen LogP contribution in [0.1, 0.15) is 43.7 Å². The van der Waals surface area contributed by atoms with Crippen molar-refractivity contribution in [2.24, 2.45) is 0 Å². The minimum Gasteiger partial charge on any atom is -0.465 e. The molecule has 0 aliphatic carbocycles. The van der Waals surface area contributed by atoms with Gasteiger partial charge in [-0.3, -0.25) is 4.79 Å². The SMILES string of the molecule is Cc1c[nH]c2nccc(N3C[C@H]4CC[C@@H](C3)N4C(=O)C(CN(C(=O)O)C(C)C)c3ccc(Cl)cc3)c12. The molecule has 2 aromatic heterocycles. The number of aromatic nitrogens is 2. The maximum Gasteiger partial charge on any atom is 0.407 e. The Hall–Kier alpha value is -3.26. The summed E-state index contributed by atoms with van der Waals surface area (Å²) in [5.41, 5.74) is 3.97. The first kappa shape index (κ1) is 24.4. The molecule has 2 aliphatic rings. The fourth-order valence-electron chi connectivity index (χ4n) is 5.83. The number of hydrogen-bond donors (Lipinski definition) is 2. The third kappa shape index (κ3) is 4.39. The summed E-state index contributed by atoms with van der Waals surface area (Å²) in [4.78, 5) is 39.6. The number of halogens is 1. The van der Waals surface area contributed by atoms with E-state index in [1.165, 1.54) is 4.90 Å². The first-order valence-electron chi connectivity index (χ1n) is 12.5. The molecule has 3 aromatic rings. The lowest BCUT2D eigenvalue weighted by Crippen LogP contribution is -2.58. The van der Waals surface area contributed by atoms with Gasteiger partial charge in [0.2, 0.25) is 5.91 Å². The number of nitrogens with one attached hydrogen (secondary N) is 1. The van der Waals surface area contributed by atoms with E-state index in [9.17, 15) is 14.7 Å². The Morgan fingerprint density at radius 1 is 1.17 bits per heavy atom. The number of nitrogens with zero attached hydrogens (tertiary/aromatic N) is 4. The predicted molar refractivity (Wildman–Crippen MR) is 141 cm³/mol. The molecule has 2 saturated heterocycles. The number of pyridine rings is 1. The second-order valence-electron chi connectivity index (χ2n) is 10.2. The predicted octanol–water partition coefficient (Wildman–Crippen LogP) is 4.88. The van der Waals surface area contributed by atoms with Crippen LogP contribution in [0.4, 0.5) is 10.5 Å². The molecular formula is C27H32ClN5O3. The Labute approximate surface area is 215 Å². The average Bonchev–Trinajstić information content (AvgIpc) is 3.35. The van der Waals surface area contributed by atoms with E-state index in [1.807, 2.05) is 43.3 Å². The van der Waals surface area contributed by atoms with E-state index in [0.717, 1.165) is 53.8 Å².